The largest absolute Gasteiger partial charge is 0.463 e. The minimum atomic E-state index is -0.277. The first-order chi connectivity index (χ1) is 6.46. The Morgan fingerprint density at radius 3 is 2.29 bits per heavy atom. The summed E-state index contributed by atoms with van der Waals surface area (Å²) in [5.74, 6) is -0.0385. The van der Waals surface area contributed by atoms with Crippen molar-refractivity contribution in [1.82, 2.24) is 0 Å². The van der Waals surface area contributed by atoms with E-state index in [4.69, 9.17) is 4.74 Å². The van der Waals surface area contributed by atoms with Crippen molar-refractivity contribution in [3.05, 3.63) is 0 Å². The molecule has 84 valence electrons. The number of unbranched alkanes of at least 4 members (excludes halogenated alkanes) is 1. The smallest absolute Gasteiger partial charge is 0.312 e. The lowest BCUT2D eigenvalue weighted by Gasteiger charge is -2.26. The molecule has 0 aliphatic heterocycles. The number of ether oxygens (including phenoxy) is 1. The number of hydrogen-bond donors (Lipinski definition) is 0. The SMILES string of the molecule is CCCCC(C)(CC)C(=O)OC(C)C. The van der Waals surface area contributed by atoms with Crippen molar-refractivity contribution in [2.75, 3.05) is 0 Å². The molecule has 0 aromatic carbocycles. The van der Waals surface area contributed by atoms with Gasteiger partial charge in [0.25, 0.3) is 0 Å². The molecule has 0 amide bonds. The van der Waals surface area contributed by atoms with Crippen molar-refractivity contribution in [2.24, 2.45) is 5.41 Å². The van der Waals surface area contributed by atoms with Crippen molar-refractivity contribution >= 4 is 5.97 Å². The predicted molar refractivity (Wildman–Crippen MR) is 59.2 cm³/mol. The summed E-state index contributed by atoms with van der Waals surface area (Å²) in [5, 5.41) is 0. The Kier molecular flexibility index (Phi) is 5.82. The average Bonchev–Trinajstić information content (AvgIpc) is 2.13. The molecular weight excluding hydrogens is 176 g/mol. The molecule has 1 atom stereocenters. The van der Waals surface area contributed by atoms with E-state index < -0.39 is 0 Å². The van der Waals surface area contributed by atoms with E-state index in [0.717, 1.165) is 25.7 Å². The van der Waals surface area contributed by atoms with Crippen LogP contribution >= 0.6 is 0 Å². The molecule has 0 N–H and O–H groups in total. The van der Waals surface area contributed by atoms with Gasteiger partial charge in [0.05, 0.1) is 11.5 Å². The summed E-state index contributed by atoms with van der Waals surface area (Å²) < 4.78 is 5.26. The van der Waals surface area contributed by atoms with Gasteiger partial charge in [0, 0.05) is 0 Å². The molecule has 0 saturated carbocycles. The molecular formula is C12H24O2. The minimum absolute atomic E-state index is 0.00463. The second-order valence-corrected chi connectivity index (χ2v) is 4.47. The molecule has 14 heavy (non-hydrogen) atoms. The number of rotatable bonds is 6. The van der Waals surface area contributed by atoms with Crippen LogP contribution in [-0.2, 0) is 9.53 Å². The zero-order valence-corrected chi connectivity index (χ0v) is 10.2. The molecule has 2 heteroatoms. The lowest BCUT2D eigenvalue weighted by atomic mass is 9.82. The molecule has 0 aromatic heterocycles. The van der Waals surface area contributed by atoms with Crippen LogP contribution in [-0.4, -0.2) is 12.1 Å². The second kappa shape index (κ2) is 6.05. The Labute approximate surface area is 88.0 Å². The van der Waals surface area contributed by atoms with Gasteiger partial charge in [0.2, 0.25) is 0 Å². The van der Waals surface area contributed by atoms with Crippen LogP contribution in [0.3, 0.4) is 0 Å². The zero-order valence-electron chi connectivity index (χ0n) is 10.2. The summed E-state index contributed by atoms with van der Waals surface area (Å²) in [4.78, 5) is 11.8. The summed E-state index contributed by atoms with van der Waals surface area (Å²) in [7, 11) is 0. The highest BCUT2D eigenvalue weighted by Gasteiger charge is 2.32. The third-order valence-corrected chi connectivity index (χ3v) is 2.70. The normalized spacial score (nSPS) is 15.3. The highest BCUT2D eigenvalue weighted by Crippen LogP contribution is 2.30. The molecule has 0 aliphatic carbocycles. The third-order valence-electron chi connectivity index (χ3n) is 2.70. The van der Waals surface area contributed by atoms with Crippen LogP contribution in [0.15, 0.2) is 0 Å². The van der Waals surface area contributed by atoms with Gasteiger partial charge in [0.15, 0.2) is 0 Å². The molecule has 0 spiro atoms. The number of carbonyl (C=O) groups is 1. The third kappa shape index (κ3) is 4.12. The summed E-state index contributed by atoms with van der Waals surface area (Å²) >= 11 is 0. The van der Waals surface area contributed by atoms with Gasteiger partial charge in [-0.05, 0) is 33.6 Å². The lowest BCUT2D eigenvalue weighted by molar-refractivity contribution is -0.159. The van der Waals surface area contributed by atoms with Crippen molar-refractivity contribution in [3.8, 4) is 0 Å². The number of hydrogen-bond acceptors (Lipinski definition) is 2. The van der Waals surface area contributed by atoms with Crippen molar-refractivity contribution in [3.63, 3.8) is 0 Å². The minimum Gasteiger partial charge on any atom is -0.463 e. The maximum Gasteiger partial charge on any atom is 0.312 e. The number of esters is 1. The molecule has 0 saturated heterocycles. The maximum absolute atomic E-state index is 11.8. The topological polar surface area (TPSA) is 26.3 Å². The van der Waals surface area contributed by atoms with Crippen molar-refractivity contribution < 1.29 is 9.53 Å². The zero-order chi connectivity index (χ0) is 11.2. The van der Waals surface area contributed by atoms with Crippen LogP contribution in [0.2, 0.25) is 0 Å². The predicted octanol–water partition coefficient (Wildman–Crippen LogP) is 3.54. The van der Waals surface area contributed by atoms with E-state index in [2.05, 4.69) is 13.8 Å². The fourth-order valence-corrected chi connectivity index (χ4v) is 1.35. The average molecular weight is 200 g/mol. The summed E-state index contributed by atoms with van der Waals surface area (Å²) in [6.07, 6.45) is 4.02. The van der Waals surface area contributed by atoms with Crippen molar-refractivity contribution in [1.29, 1.82) is 0 Å². The molecule has 0 rings (SSSR count). The van der Waals surface area contributed by atoms with Gasteiger partial charge in [-0.2, -0.15) is 0 Å². The molecule has 0 bridgehead atoms. The Morgan fingerprint density at radius 1 is 1.36 bits per heavy atom. The quantitative estimate of drug-likeness (QED) is 0.613. The summed E-state index contributed by atoms with van der Waals surface area (Å²) in [5.41, 5.74) is -0.277. The van der Waals surface area contributed by atoms with E-state index in [-0.39, 0.29) is 17.5 Å². The van der Waals surface area contributed by atoms with Gasteiger partial charge >= 0.3 is 5.97 Å². The second-order valence-electron chi connectivity index (χ2n) is 4.47. The highest BCUT2D eigenvalue weighted by molar-refractivity contribution is 5.76. The standard InChI is InChI=1S/C12H24O2/c1-6-8-9-12(5,7-2)11(13)14-10(3)4/h10H,6-9H2,1-5H3. The van der Waals surface area contributed by atoms with Gasteiger partial charge in [-0.15, -0.1) is 0 Å². The fourth-order valence-electron chi connectivity index (χ4n) is 1.35. The van der Waals surface area contributed by atoms with Gasteiger partial charge < -0.3 is 4.74 Å². The first-order valence-corrected chi connectivity index (χ1v) is 5.67. The molecule has 2 nitrogen and oxygen atoms in total. The van der Waals surface area contributed by atoms with E-state index in [1.165, 1.54) is 0 Å². The molecule has 0 heterocycles. The highest BCUT2D eigenvalue weighted by atomic mass is 16.5. The molecule has 0 aromatic rings. The molecule has 0 aliphatic rings. The Morgan fingerprint density at radius 2 is 1.93 bits per heavy atom. The van der Waals surface area contributed by atoms with Gasteiger partial charge in [-0.1, -0.05) is 26.7 Å². The van der Waals surface area contributed by atoms with Gasteiger partial charge in [-0.3, -0.25) is 4.79 Å². The van der Waals surface area contributed by atoms with Gasteiger partial charge in [-0.25, -0.2) is 0 Å². The lowest BCUT2D eigenvalue weighted by Crippen LogP contribution is -2.31. The monoisotopic (exact) mass is 200 g/mol. The molecule has 0 radical (unpaired) electrons. The summed E-state index contributed by atoms with van der Waals surface area (Å²) in [6.45, 7) is 10.00. The Hall–Kier alpha value is -0.530. The van der Waals surface area contributed by atoms with Crippen LogP contribution in [0.4, 0.5) is 0 Å². The van der Waals surface area contributed by atoms with Crippen LogP contribution in [0.1, 0.15) is 60.3 Å². The van der Waals surface area contributed by atoms with E-state index in [1.807, 2.05) is 20.8 Å². The Bertz CT molecular complexity index is 175. The fraction of sp³-hybridized carbons (Fsp3) is 0.917. The van der Waals surface area contributed by atoms with E-state index >= 15 is 0 Å². The van der Waals surface area contributed by atoms with Crippen LogP contribution < -0.4 is 0 Å². The molecule has 0 fully saturated rings. The van der Waals surface area contributed by atoms with Crippen LogP contribution in [0.5, 0.6) is 0 Å². The summed E-state index contributed by atoms with van der Waals surface area (Å²) in [6, 6.07) is 0. The van der Waals surface area contributed by atoms with E-state index in [0.29, 0.717) is 0 Å². The first-order valence-electron chi connectivity index (χ1n) is 5.67. The van der Waals surface area contributed by atoms with Crippen LogP contribution in [0.25, 0.3) is 0 Å². The van der Waals surface area contributed by atoms with E-state index in [1.54, 1.807) is 0 Å². The molecule has 1 unspecified atom stereocenters. The van der Waals surface area contributed by atoms with Crippen LogP contribution in [0, 0.1) is 5.41 Å². The maximum atomic E-state index is 11.8. The van der Waals surface area contributed by atoms with E-state index in [9.17, 15) is 4.79 Å². The van der Waals surface area contributed by atoms with Gasteiger partial charge in [0.1, 0.15) is 0 Å². The first kappa shape index (κ1) is 13.5. The van der Waals surface area contributed by atoms with Crippen molar-refractivity contribution in [2.45, 2.75) is 66.4 Å². The Balaban J connectivity index is 4.27. The number of carbonyl (C=O) groups excluding carboxylic acids is 1.